The van der Waals surface area contributed by atoms with Crippen LogP contribution in [0.15, 0.2) is 0 Å². The lowest BCUT2D eigenvalue weighted by atomic mass is 10.6. The van der Waals surface area contributed by atoms with E-state index in [1.165, 1.54) is 6.42 Å². The minimum Gasteiger partial charge on any atom is -0.393 e. The molecule has 120 valence electrons. The highest BCUT2D eigenvalue weighted by atomic mass is 28.5. The van der Waals surface area contributed by atoms with Gasteiger partial charge in [-0.2, -0.15) is 0 Å². The maximum Gasteiger partial charge on any atom is 0.466 e. The summed E-state index contributed by atoms with van der Waals surface area (Å²) in [6, 6.07) is 0. The Balaban J connectivity index is -0.000000313. The molecule has 0 aliphatic carbocycles. The smallest absolute Gasteiger partial charge is 0.393 e. The van der Waals surface area contributed by atoms with E-state index in [4.69, 9.17) is 19.2 Å². The van der Waals surface area contributed by atoms with Gasteiger partial charge in [-0.15, -0.1) is 0 Å². The maximum atomic E-state index is 8.86. The summed E-state index contributed by atoms with van der Waals surface area (Å²) in [6.45, 7) is 12.2. The molecular formula is C7H28O8Si4. The van der Waals surface area contributed by atoms with Crippen molar-refractivity contribution in [2.45, 2.75) is 48.0 Å². The maximum absolute atomic E-state index is 8.86. The van der Waals surface area contributed by atoms with Crippen molar-refractivity contribution in [3.8, 4) is 0 Å². The van der Waals surface area contributed by atoms with Crippen LogP contribution in [0.4, 0.5) is 0 Å². The molecule has 12 heteroatoms. The van der Waals surface area contributed by atoms with Gasteiger partial charge in [0.25, 0.3) is 0 Å². The van der Waals surface area contributed by atoms with E-state index in [-0.39, 0.29) is 0 Å². The largest absolute Gasteiger partial charge is 0.466 e. The standard InChI is InChI=1S/C3H8.2C2H6.H8O8Si4/c1-3-2;2*1-2;1-9-5-10(2)7-12(4)8-11(3)6-9/h3H2,1-2H3;2*1-2H3;1-4,9-12H. The zero-order valence-corrected chi connectivity index (χ0v) is 17.1. The summed E-state index contributed by atoms with van der Waals surface area (Å²) in [5.41, 5.74) is 0. The van der Waals surface area contributed by atoms with Crippen molar-refractivity contribution in [3.63, 3.8) is 0 Å². The fourth-order valence-corrected chi connectivity index (χ4v) is 7.05. The van der Waals surface area contributed by atoms with Gasteiger partial charge < -0.3 is 35.6 Å². The van der Waals surface area contributed by atoms with Crippen molar-refractivity contribution >= 4 is 38.1 Å². The van der Waals surface area contributed by atoms with Gasteiger partial charge in [-0.25, -0.2) is 0 Å². The van der Waals surface area contributed by atoms with Gasteiger partial charge in [0.05, 0.1) is 0 Å². The fourth-order valence-electron chi connectivity index (χ4n) is 0.527. The minimum absolute atomic E-state index is 1.25. The van der Waals surface area contributed by atoms with E-state index in [1.807, 2.05) is 27.7 Å². The van der Waals surface area contributed by atoms with Crippen LogP contribution < -0.4 is 0 Å². The van der Waals surface area contributed by atoms with Crippen molar-refractivity contribution in [2.75, 3.05) is 0 Å². The van der Waals surface area contributed by atoms with Crippen LogP contribution in [0.2, 0.25) is 0 Å². The third kappa shape index (κ3) is 18.5. The van der Waals surface area contributed by atoms with Crippen LogP contribution in [0.5, 0.6) is 0 Å². The molecule has 0 radical (unpaired) electrons. The molecule has 19 heavy (non-hydrogen) atoms. The van der Waals surface area contributed by atoms with Crippen molar-refractivity contribution in [2.24, 2.45) is 0 Å². The number of hydrogen-bond acceptors (Lipinski definition) is 8. The lowest BCUT2D eigenvalue weighted by molar-refractivity contribution is 0.133. The van der Waals surface area contributed by atoms with E-state index in [9.17, 15) is 0 Å². The molecule has 4 N–H and O–H groups in total. The average molecular weight is 353 g/mol. The van der Waals surface area contributed by atoms with Gasteiger partial charge in [-0.3, -0.25) is 0 Å². The zero-order valence-electron chi connectivity index (χ0n) is 12.4. The number of hydrogen-bond donors (Lipinski definition) is 4. The molecule has 0 amide bonds. The van der Waals surface area contributed by atoms with Gasteiger partial charge in [-0.05, 0) is 0 Å². The quantitative estimate of drug-likeness (QED) is 0.384. The van der Waals surface area contributed by atoms with Gasteiger partial charge in [-0.1, -0.05) is 48.0 Å². The van der Waals surface area contributed by atoms with Crippen LogP contribution in [-0.4, -0.2) is 57.3 Å². The van der Waals surface area contributed by atoms with Gasteiger partial charge in [0.2, 0.25) is 0 Å². The van der Waals surface area contributed by atoms with Crippen molar-refractivity contribution in [3.05, 3.63) is 0 Å². The number of rotatable bonds is 0. The lowest BCUT2D eigenvalue weighted by Crippen LogP contribution is -2.49. The zero-order chi connectivity index (χ0) is 15.8. The third-order valence-electron chi connectivity index (χ3n) is 0.931. The van der Waals surface area contributed by atoms with Crippen molar-refractivity contribution in [1.29, 1.82) is 0 Å². The summed E-state index contributed by atoms with van der Waals surface area (Å²) in [6.07, 6.45) is 1.25. The second-order valence-electron chi connectivity index (χ2n) is 2.48. The highest BCUT2D eigenvalue weighted by Crippen LogP contribution is 2.00. The van der Waals surface area contributed by atoms with E-state index >= 15 is 0 Å². The molecule has 0 unspecified atom stereocenters. The van der Waals surface area contributed by atoms with E-state index < -0.39 is 38.1 Å². The molecule has 1 aliphatic rings. The van der Waals surface area contributed by atoms with Gasteiger partial charge in [0.1, 0.15) is 0 Å². The lowest BCUT2D eigenvalue weighted by Gasteiger charge is -2.23. The molecule has 0 spiro atoms. The summed E-state index contributed by atoms with van der Waals surface area (Å²) in [5, 5.41) is 0. The molecule has 0 aromatic carbocycles. The molecule has 0 aromatic heterocycles. The summed E-state index contributed by atoms with van der Waals surface area (Å²) in [5.74, 6) is 0. The topological polar surface area (TPSA) is 118 Å². The molecular weight excluding hydrogens is 324 g/mol. The second-order valence-corrected chi connectivity index (χ2v) is 9.29. The predicted octanol–water partition coefficient (Wildman–Crippen LogP) is -1.63. The highest BCUT2D eigenvalue weighted by Gasteiger charge is 2.33. The fraction of sp³-hybridized carbons (Fsp3) is 1.00. The third-order valence-corrected chi connectivity index (χ3v) is 8.38. The molecule has 1 rings (SSSR count). The predicted molar refractivity (Wildman–Crippen MR) is 80.5 cm³/mol. The van der Waals surface area contributed by atoms with Crippen LogP contribution in [-0.2, 0) is 16.5 Å². The van der Waals surface area contributed by atoms with Gasteiger partial charge in [0.15, 0.2) is 0 Å². The Kier molecular flexibility index (Phi) is 24.0. The first kappa shape index (κ1) is 24.6. The van der Waals surface area contributed by atoms with Crippen LogP contribution in [0.1, 0.15) is 48.0 Å². The Bertz CT molecular complexity index is 128. The Hall–Kier alpha value is 0.548. The van der Waals surface area contributed by atoms with E-state index in [0.29, 0.717) is 0 Å². The van der Waals surface area contributed by atoms with Crippen molar-refractivity contribution < 1.29 is 35.6 Å². The molecule has 1 heterocycles. The molecule has 1 aliphatic heterocycles. The van der Waals surface area contributed by atoms with Crippen LogP contribution in [0.25, 0.3) is 0 Å². The Morgan fingerprint density at radius 2 is 0.684 bits per heavy atom. The first-order valence-corrected chi connectivity index (χ1v) is 12.2. The summed E-state index contributed by atoms with van der Waals surface area (Å²) >= 11 is 0. The second kappa shape index (κ2) is 18.5. The first-order chi connectivity index (χ1) is 8.99. The SMILES string of the molecule is CC.CC.CCC.O[SiH]1O[SiH](O)O[SiH](O)O[SiH](O)O1. The van der Waals surface area contributed by atoms with E-state index in [2.05, 4.69) is 30.3 Å². The van der Waals surface area contributed by atoms with E-state index in [0.717, 1.165) is 0 Å². The van der Waals surface area contributed by atoms with E-state index in [1.54, 1.807) is 0 Å². The minimum atomic E-state index is -3.03. The van der Waals surface area contributed by atoms with Crippen LogP contribution in [0.3, 0.4) is 0 Å². The monoisotopic (exact) mass is 352 g/mol. The molecule has 0 aromatic rings. The normalized spacial score (nSPS) is 30.0. The summed E-state index contributed by atoms with van der Waals surface area (Å²) < 4.78 is 17.8. The Morgan fingerprint density at radius 3 is 0.789 bits per heavy atom. The molecule has 0 bridgehead atoms. The molecule has 0 saturated carbocycles. The Morgan fingerprint density at radius 1 is 0.579 bits per heavy atom. The summed E-state index contributed by atoms with van der Waals surface area (Å²) in [7, 11) is -12.1. The average Bonchev–Trinajstić information content (AvgIpc) is 2.32. The van der Waals surface area contributed by atoms with Gasteiger partial charge in [0, 0.05) is 0 Å². The van der Waals surface area contributed by atoms with Crippen LogP contribution in [0, 0.1) is 0 Å². The van der Waals surface area contributed by atoms with Gasteiger partial charge >= 0.3 is 38.1 Å². The molecule has 8 nitrogen and oxygen atoms in total. The van der Waals surface area contributed by atoms with Crippen molar-refractivity contribution in [1.82, 2.24) is 0 Å². The van der Waals surface area contributed by atoms with Crippen LogP contribution >= 0.6 is 0 Å². The first-order valence-electron chi connectivity index (χ1n) is 6.33. The highest BCUT2D eigenvalue weighted by molar-refractivity contribution is 6.65. The summed E-state index contributed by atoms with van der Waals surface area (Å²) in [4.78, 5) is 35.4. The molecule has 0 atom stereocenters. The molecule has 1 saturated heterocycles. The Labute approximate surface area is 122 Å². The molecule has 1 fully saturated rings.